The zero-order valence-corrected chi connectivity index (χ0v) is 11.8. The van der Waals surface area contributed by atoms with E-state index in [4.69, 9.17) is 4.74 Å². The molecule has 0 bridgehead atoms. The van der Waals surface area contributed by atoms with E-state index in [0.717, 1.165) is 25.7 Å². The van der Waals surface area contributed by atoms with Crippen LogP contribution in [0.5, 0.6) is 0 Å². The van der Waals surface area contributed by atoms with Gasteiger partial charge in [0, 0.05) is 11.0 Å². The highest BCUT2D eigenvalue weighted by atomic mass is 16.6. The van der Waals surface area contributed by atoms with E-state index in [0.29, 0.717) is 5.57 Å². The Morgan fingerprint density at radius 1 is 1.12 bits per heavy atom. The Morgan fingerprint density at radius 3 is 1.94 bits per heavy atom. The normalized spacial score (nSPS) is 20.5. The van der Waals surface area contributed by atoms with Crippen molar-refractivity contribution in [3.05, 3.63) is 12.2 Å². The molecule has 0 aromatic rings. The van der Waals surface area contributed by atoms with Gasteiger partial charge < -0.3 is 4.74 Å². The lowest BCUT2D eigenvalue weighted by molar-refractivity contribution is -0.171. The van der Waals surface area contributed by atoms with Gasteiger partial charge in [-0.3, -0.25) is 0 Å². The number of carbonyl (C=O) groups is 1. The van der Waals surface area contributed by atoms with E-state index in [9.17, 15) is 4.79 Å². The minimum Gasteiger partial charge on any atom is -0.455 e. The summed E-state index contributed by atoms with van der Waals surface area (Å²) in [4.78, 5) is 11.9. The Labute approximate surface area is 105 Å². The fraction of sp³-hybridized carbons (Fsp3) is 0.800. The molecule has 0 saturated heterocycles. The Balaban J connectivity index is 2.92. The quantitative estimate of drug-likeness (QED) is 0.408. The second-order valence-electron chi connectivity index (χ2n) is 6.33. The fourth-order valence-corrected chi connectivity index (χ4v) is 2.57. The third-order valence-corrected chi connectivity index (χ3v) is 3.91. The first kappa shape index (κ1) is 14.3. The van der Waals surface area contributed by atoms with Crippen LogP contribution in [-0.4, -0.2) is 11.6 Å². The van der Waals surface area contributed by atoms with Crippen molar-refractivity contribution in [2.75, 3.05) is 0 Å². The van der Waals surface area contributed by atoms with Crippen LogP contribution in [-0.2, 0) is 9.53 Å². The summed E-state index contributed by atoms with van der Waals surface area (Å²) in [7, 11) is 0. The molecule has 2 heteroatoms. The maximum Gasteiger partial charge on any atom is 0.333 e. The van der Waals surface area contributed by atoms with Gasteiger partial charge in [0.25, 0.3) is 0 Å². The van der Waals surface area contributed by atoms with Gasteiger partial charge in [-0.15, -0.1) is 0 Å². The molecule has 17 heavy (non-hydrogen) atoms. The number of ether oxygens (including phenoxy) is 1. The molecule has 0 heterocycles. The minimum atomic E-state index is -0.306. The Hall–Kier alpha value is -0.790. The molecule has 0 aromatic heterocycles. The summed E-state index contributed by atoms with van der Waals surface area (Å²) >= 11 is 0. The highest BCUT2D eigenvalue weighted by Gasteiger charge is 2.45. The predicted octanol–water partition coefficient (Wildman–Crippen LogP) is 4.24. The van der Waals surface area contributed by atoms with Gasteiger partial charge >= 0.3 is 5.97 Å². The summed E-state index contributed by atoms with van der Waals surface area (Å²) in [5.74, 6) is -0.234. The van der Waals surface area contributed by atoms with Crippen LogP contribution in [0.3, 0.4) is 0 Å². The van der Waals surface area contributed by atoms with Crippen LogP contribution < -0.4 is 0 Å². The SMILES string of the molecule is C=C(C)C(=O)OC1(C(C)(C)C)CCCCCC1. The number of hydrogen-bond acceptors (Lipinski definition) is 2. The second-order valence-corrected chi connectivity index (χ2v) is 6.33. The number of carbonyl (C=O) groups excluding carboxylic acids is 1. The van der Waals surface area contributed by atoms with Crippen LogP contribution in [0.25, 0.3) is 0 Å². The van der Waals surface area contributed by atoms with Crippen molar-refractivity contribution in [1.82, 2.24) is 0 Å². The van der Waals surface area contributed by atoms with Crippen LogP contribution in [0.2, 0.25) is 0 Å². The summed E-state index contributed by atoms with van der Waals surface area (Å²) in [6.07, 6.45) is 6.78. The Kier molecular flexibility index (Phi) is 4.40. The highest BCUT2D eigenvalue weighted by molar-refractivity contribution is 5.87. The molecule has 0 spiro atoms. The Bertz CT molecular complexity index is 289. The fourth-order valence-electron chi connectivity index (χ4n) is 2.57. The molecule has 1 saturated carbocycles. The monoisotopic (exact) mass is 238 g/mol. The van der Waals surface area contributed by atoms with Gasteiger partial charge in [-0.2, -0.15) is 0 Å². The molecular weight excluding hydrogens is 212 g/mol. The lowest BCUT2D eigenvalue weighted by Crippen LogP contribution is -2.46. The highest BCUT2D eigenvalue weighted by Crippen LogP contribution is 2.44. The van der Waals surface area contributed by atoms with E-state index in [1.54, 1.807) is 6.92 Å². The van der Waals surface area contributed by atoms with Gasteiger partial charge in [-0.1, -0.05) is 40.2 Å². The standard InChI is InChI=1S/C15H26O2/c1-12(2)13(16)17-15(14(3,4)5)10-8-6-7-9-11-15/h1,6-11H2,2-5H3. The van der Waals surface area contributed by atoms with E-state index < -0.39 is 0 Å². The molecule has 0 amide bonds. The number of rotatable bonds is 2. The van der Waals surface area contributed by atoms with Crippen molar-refractivity contribution in [1.29, 1.82) is 0 Å². The van der Waals surface area contributed by atoms with E-state index in [-0.39, 0.29) is 17.0 Å². The molecular formula is C15H26O2. The summed E-state index contributed by atoms with van der Waals surface area (Å²) in [5, 5.41) is 0. The largest absolute Gasteiger partial charge is 0.455 e. The van der Waals surface area contributed by atoms with E-state index in [1.165, 1.54) is 12.8 Å². The van der Waals surface area contributed by atoms with Gasteiger partial charge in [0.15, 0.2) is 0 Å². The van der Waals surface area contributed by atoms with Crippen molar-refractivity contribution in [3.8, 4) is 0 Å². The minimum absolute atomic E-state index is 0.0115. The van der Waals surface area contributed by atoms with Gasteiger partial charge in [-0.25, -0.2) is 4.79 Å². The molecule has 0 aliphatic heterocycles. The van der Waals surface area contributed by atoms with Crippen molar-refractivity contribution in [2.24, 2.45) is 5.41 Å². The summed E-state index contributed by atoms with van der Waals surface area (Å²) in [6, 6.07) is 0. The molecule has 1 rings (SSSR count). The van der Waals surface area contributed by atoms with Gasteiger partial charge in [-0.05, 0) is 32.6 Å². The van der Waals surface area contributed by atoms with Crippen LogP contribution in [0.1, 0.15) is 66.2 Å². The second kappa shape index (κ2) is 5.24. The number of hydrogen-bond donors (Lipinski definition) is 0. The molecule has 0 radical (unpaired) electrons. The third kappa shape index (κ3) is 3.34. The van der Waals surface area contributed by atoms with Crippen molar-refractivity contribution < 1.29 is 9.53 Å². The maximum atomic E-state index is 11.9. The van der Waals surface area contributed by atoms with Crippen LogP contribution >= 0.6 is 0 Å². The van der Waals surface area contributed by atoms with E-state index >= 15 is 0 Å². The molecule has 0 aromatic carbocycles. The van der Waals surface area contributed by atoms with Crippen molar-refractivity contribution in [2.45, 2.75) is 71.8 Å². The molecule has 2 nitrogen and oxygen atoms in total. The molecule has 1 aliphatic carbocycles. The predicted molar refractivity (Wildman–Crippen MR) is 70.8 cm³/mol. The van der Waals surface area contributed by atoms with Gasteiger partial charge in [0.1, 0.15) is 5.60 Å². The smallest absolute Gasteiger partial charge is 0.333 e. The topological polar surface area (TPSA) is 26.3 Å². The van der Waals surface area contributed by atoms with Crippen LogP contribution in [0, 0.1) is 5.41 Å². The molecule has 98 valence electrons. The molecule has 1 fully saturated rings. The van der Waals surface area contributed by atoms with Gasteiger partial charge in [0.05, 0.1) is 0 Å². The maximum absolute atomic E-state index is 11.9. The van der Waals surface area contributed by atoms with Crippen molar-refractivity contribution >= 4 is 5.97 Å². The molecule has 1 aliphatic rings. The molecule has 0 atom stereocenters. The lowest BCUT2D eigenvalue weighted by Gasteiger charge is -2.43. The van der Waals surface area contributed by atoms with Crippen LogP contribution in [0.4, 0.5) is 0 Å². The summed E-state index contributed by atoms with van der Waals surface area (Å²) in [5.41, 5.74) is 0.181. The number of esters is 1. The van der Waals surface area contributed by atoms with E-state index in [2.05, 4.69) is 27.4 Å². The average Bonchev–Trinajstić information content (AvgIpc) is 2.43. The van der Waals surface area contributed by atoms with E-state index in [1.807, 2.05) is 0 Å². The third-order valence-electron chi connectivity index (χ3n) is 3.91. The first-order valence-corrected chi connectivity index (χ1v) is 6.67. The zero-order valence-electron chi connectivity index (χ0n) is 11.8. The van der Waals surface area contributed by atoms with Crippen LogP contribution in [0.15, 0.2) is 12.2 Å². The molecule has 0 N–H and O–H groups in total. The summed E-state index contributed by atoms with van der Waals surface area (Å²) < 4.78 is 5.85. The van der Waals surface area contributed by atoms with Crippen molar-refractivity contribution in [3.63, 3.8) is 0 Å². The lowest BCUT2D eigenvalue weighted by atomic mass is 9.71. The summed E-state index contributed by atoms with van der Waals surface area (Å²) in [6.45, 7) is 11.9. The van der Waals surface area contributed by atoms with Gasteiger partial charge in [0.2, 0.25) is 0 Å². The Morgan fingerprint density at radius 2 is 1.59 bits per heavy atom. The zero-order chi connectivity index (χ0) is 13.1. The first-order valence-electron chi connectivity index (χ1n) is 6.67. The first-order chi connectivity index (χ1) is 7.78. The average molecular weight is 238 g/mol. The molecule has 0 unspecified atom stereocenters.